The number of benzene rings is 2. The van der Waals surface area contributed by atoms with Gasteiger partial charge in [0.1, 0.15) is 0 Å². The summed E-state index contributed by atoms with van der Waals surface area (Å²) in [5.41, 5.74) is 2.60. The molecule has 0 atom stereocenters. The minimum absolute atomic E-state index is 0.427. The first kappa shape index (κ1) is 17.5. The predicted molar refractivity (Wildman–Crippen MR) is 105 cm³/mol. The van der Waals surface area contributed by atoms with Crippen molar-refractivity contribution >= 4 is 22.5 Å². The summed E-state index contributed by atoms with van der Waals surface area (Å²) in [5, 5.41) is 20.8. The van der Waals surface area contributed by atoms with Gasteiger partial charge in [-0.3, -0.25) is 4.68 Å². The number of fused-ring (bicyclic) bond motifs is 1. The van der Waals surface area contributed by atoms with Crippen LogP contribution in [0, 0.1) is 0 Å². The maximum atomic E-state index is 11.0. The fraction of sp³-hybridized carbons (Fsp3) is 0.381. The molecule has 136 valence electrons. The summed E-state index contributed by atoms with van der Waals surface area (Å²) in [6.45, 7) is 0.835. The van der Waals surface area contributed by atoms with E-state index >= 15 is 0 Å². The summed E-state index contributed by atoms with van der Waals surface area (Å²) in [6, 6.07) is 14.5. The first-order chi connectivity index (χ1) is 12.5. The van der Waals surface area contributed by atoms with Crippen molar-refractivity contribution in [3.05, 3.63) is 64.8 Å². The highest BCUT2D eigenvalue weighted by Crippen LogP contribution is 2.38. The average molecular weight is 370 g/mol. The van der Waals surface area contributed by atoms with E-state index in [0.717, 1.165) is 43.3 Å². The molecule has 0 bridgehead atoms. The van der Waals surface area contributed by atoms with Crippen LogP contribution in [0.15, 0.2) is 48.7 Å². The highest BCUT2D eigenvalue weighted by Gasteiger charge is 2.34. The van der Waals surface area contributed by atoms with Crippen LogP contribution in [0.25, 0.3) is 10.9 Å². The van der Waals surface area contributed by atoms with Crippen LogP contribution < -0.4 is 5.32 Å². The van der Waals surface area contributed by atoms with Gasteiger partial charge in [-0.15, -0.1) is 0 Å². The molecule has 0 radical (unpaired) electrons. The number of hydrogen-bond acceptors (Lipinski definition) is 3. The topological polar surface area (TPSA) is 50.1 Å². The normalized spacial score (nSPS) is 23.4. The van der Waals surface area contributed by atoms with Gasteiger partial charge in [-0.1, -0.05) is 35.9 Å². The minimum Gasteiger partial charge on any atom is -0.385 e. The van der Waals surface area contributed by atoms with Gasteiger partial charge in [0.2, 0.25) is 0 Å². The van der Waals surface area contributed by atoms with E-state index in [-0.39, 0.29) is 0 Å². The Hall–Kier alpha value is -1.88. The van der Waals surface area contributed by atoms with Crippen LogP contribution in [-0.4, -0.2) is 20.9 Å². The third kappa shape index (κ3) is 3.50. The number of nitrogens with one attached hydrogen (secondary N) is 1. The third-order valence-electron chi connectivity index (χ3n) is 5.58. The lowest BCUT2D eigenvalue weighted by atomic mass is 9.78. The lowest BCUT2D eigenvalue weighted by molar-refractivity contribution is -0.00846. The number of rotatable bonds is 4. The molecule has 1 fully saturated rings. The molecule has 0 amide bonds. The molecule has 0 saturated heterocycles. The highest BCUT2D eigenvalue weighted by molar-refractivity contribution is 6.30. The zero-order valence-electron chi connectivity index (χ0n) is 15.0. The molecule has 0 aliphatic heterocycles. The van der Waals surface area contributed by atoms with E-state index in [2.05, 4.69) is 28.6 Å². The fourth-order valence-corrected chi connectivity index (χ4v) is 4.12. The molecule has 1 aromatic heterocycles. The summed E-state index contributed by atoms with van der Waals surface area (Å²) in [4.78, 5) is 0. The van der Waals surface area contributed by atoms with Gasteiger partial charge in [0.05, 0.1) is 17.3 Å². The average Bonchev–Trinajstić information content (AvgIpc) is 3.02. The number of halogens is 1. The van der Waals surface area contributed by atoms with E-state index in [0.29, 0.717) is 11.1 Å². The number of hydrogen-bond donors (Lipinski definition) is 2. The lowest BCUT2D eigenvalue weighted by Crippen LogP contribution is -2.39. The molecule has 5 heteroatoms. The summed E-state index contributed by atoms with van der Waals surface area (Å²) in [7, 11) is 1.97. The lowest BCUT2D eigenvalue weighted by Gasteiger charge is -2.37. The van der Waals surface area contributed by atoms with Crippen molar-refractivity contribution in [3.8, 4) is 0 Å². The summed E-state index contributed by atoms with van der Waals surface area (Å²) >= 11 is 6.09. The number of aryl methyl sites for hydroxylation is 1. The van der Waals surface area contributed by atoms with Crippen molar-refractivity contribution < 1.29 is 5.11 Å². The predicted octanol–water partition coefficient (Wildman–Crippen LogP) is 4.15. The van der Waals surface area contributed by atoms with Crippen molar-refractivity contribution in [2.45, 2.75) is 43.9 Å². The Bertz CT molecular complexity index is 913. The van der Waals surface area contributed by atoms with Gasteiger partial charge in [-0.2, -0.15) is 5.10 Å². The molecule has 26 heavy (non-hydrogen) atoms. The van der Waals surface area contributed by atoms with Gasteiger partial charge in [-0.05, 0) is 55.0 Å². The molecular weight excluding hydrogens is 346 g/mol. The van der Waals surface area contributed by atoms with E-state index in [1.54, 1.807) is 0 Å². The van der Waals surface area contributed by atoms with Crippen LogP contribution in [0.3, 0.4) is 0 Å². The first-order valence-corrected chi connectivity index (χ1v) is 9.54. The number of aliphatic hydroxyl groups is 1. The van der Waals surface area contributed by atoms with Crippen LogP contribution >= 0.6 is 11.6 Å². The molecule has 2 N–H and O–H groups in total. The van der Waals surface area contributed by atoms with E-state index < -0.39 is 5.60 Å². The molecule has 0 unspecified atom stereocenters. The monoisotopic (exact) mass is 369 g/mol. The van der Waals surface area contributed by atoms with Crippen LogP contribution in [0.2, 0.25) is 5.02 Å². The first-order valence-electron chi connectivity index (χ1n) is 9.16. The maximum absolute atomic E-state index is 11.0. The molecule has 1 heterocycles. The van der Waals surface area contributed by atoms with Crippen molar-refractivity contribution in [1.82, 2.24) is 15.1 Å². The third-order valence-corrected chi connectivity index (χ3v) is 5.82. The van der Waals surface area contributed by atoms with Crippen LogP contribution in [-0.2, 0) is 19.2 Å². The Labute approximate surface area is 158 Å². The quantitative estimate of drug-likeness (QED) is 0.726. The summed E-state index contributed by atoms with van der Waals surface area (Å²) in [5.74, 6) is 0. The van der Waals surface area contributed by atoms with Gasteiger partial charge in [0.25, 0.3) is 0 Å². The standard InChI is InChI=1S/C21H24ClN3O/c1-25-20-11-15(5-6-16(20)14-24-25)13-23-19-7-9-21(26,10-8-19)17-3-2-4-18(22)12-17/h2-6,11-12,14,19,23,26H,7-10,13H2,1H3. The number of aromatic nitrogens is 2. The Balaban J connectivity index is 1.36. The number of nitrogens with zero attached hydrogens (tertiary/aromatic N) is 2. The second-order valence-corrected chi connectivity index (χ2v) is 7.79. The van der Waals surface area contributed by atoms with E-state index in [9.17, 15) is 5.11 Å². The zero-order valence-corrected chi connectivity index (χ0v) is 15.7. The molecule has 2 aromatic carbocycles. The van der Waals surface area contributed by atoms with Crippen molar-refractivity contribution in [2.24, 2.45) is 7.05 Å². The highest BCUT2D eigenvalue weighted by atomic mass is 35.5. The van der Waals surface area contributed by atoms with E-state index in [1.165, 1.54) is 10.9 Å². The molecular formula is C21H24ClN3O. The van der Waals surface area contributed by atoms with E-state index in [1.807, 2.05) is 42.2 Å². The molecule has 0 spiro atoms. The Morgan fingerprint density at radius 3 is 2.81 bits per heavy atom. The maximum Gasteiger partial charge on any atom is 0.0898 e. The van der Waals surface area contributed by atoms with Crippen molar-refractivity contribution in [2.75, 3.05) is 0 Å². The van der Waals surface area contributed by atoms with Gasteiger partial charge < -0.3 is 10.4 Å². The van der Waals surface area contributed by atoms with Gasteiger partial charge in [0, 0.05) is 30.0 Å². The van der Waals surface area contributed by atoms with E-state index in [4.69, 9.17) is 11.6 Å². The van der Waals surface area contributed by atoms with Crippen LogP contribution in [0.4, 0.5) is 0 Å². The van der Waals surface area contributed by atoms with Crippen LogP contribution in [0.5, 0.6) is 0 Å². The molecule has 4 nitrogen and oxygen atoms in total. The second kappa shape index (κ2) is 7.03. The van der Waals surface area contributed by atoms with Crippen molar-refractivity contribution in [1.29, 1.82) is 0 Å². The van der Waals surface area contributed by atoms with Crippen LogP contribution in [0.1, 0.15) is 36.8 Å². The fourth-order valence-electron chi connectivity index (χ4n) is 3.93. The summed E-state index contributed by atoms with van der Waals surface area (Å²) in [6.07, 6.45) is 5.32. The molecule has 1 aliphatic rings. The molecule has 1 aliphatic carbocycles. The Morgan fingerprint density at radius 1 is 1.23 bits per heavy atom. The Morgan fingerprint density at radius 2 is 2.04 bits per heavy atom. The minimum atomic E-state index is -0.753. The molecule has 3 aromatic rings. The van der Waals surface area contributed by atoms with Gasteiger partial charge in [-0.25, -0.2) is 0 Å². The zero-order chi connectivity index (χ0) is 18.1. The SMILES string of the molecule is Cn1ncc2ccc(CNC3CCC(O)(c4cccc(Cl)c4)CC3)cc21. The summed E-state index contributed by atoms with van der Waals surface area (Å²) < 4.78 is 1.91. The smallest absolute Gasteiger partial charge is 0.0898 e. The van der Waals surface area contributed by atoms with Crippen molar-refractivity contribution in [3.63, 3.8) is 0 Å². The Kier molecular flexibility index (Phi) is 4.74. The largest absolute Gasteiger partial charge is 0.385 e. The molecule has 1 saturated carbocycles. The molecule has 4 rings (SSSR count). The van der Waals surface area contributed by atoms with Gasteiger partial charge >= 0.3 is 0 Å². The van der Waals surface area contributed by atoms with Gasteiger partial charge in [0.15, 0.2) is 0 Å². The second-order valence-electron chi connectivity index (χ2n) is 7.36.